The van der Waals surface area contributed by atoms with E-state index in [-0.39, 0.29) is 0 Å². The summed E-state index contributed by atoms with van der Waals surface area (Å²) < 4.78 is 5.52. The van der Waals surface area contributed by atoms with Crippen LogP contribution in [0.25, 0.3) is 0 Å². The minimum atomic E-state index is 0.655. The number of hydrogen-bond donors (Lipinski definition) is 2. The van der Waals surface area contributed by atoms with E-state index in [4.69, 9.17) is 4.74 Å². The van der Waals surface area contributed by atoms with Crippen molar-refractivity contribution in [3.8, 4) is 5.75 Å². The van der Waals surface area contributed by atoms with Crippen LogP contribution in [-0.4, -0.2) is 23.6 Å². The number of ether oxygens (including phenoxy) is 1. The van der Waals surface area contributed by atoms with Crippen molar-refractivity contribution in [1.29, 1.82) is 0 Å². The summed E-state index contributed by atoms with van der Waals surface area (Å²) in [5.74, 6) is 2.56. The molecule has 0 fully saturated rings. The van der Waals surface area contributed by atoms with Gasteiger partial charge in [-0.1, -0.05) is 19.4 Å². The lowest BCUT2D eigenvalue weighted by molar-refractivity contribution is 0.340. The molecule has 112 valence electrons. The lowest BCUT2D eigenvalue weighted by Gasteiger charge is -2.14. The van der Waals surface area contributed by atoms with Gasteiger partial charge in [0.25, 0.3) is 0 Å². The highest BCUT2D eigenvalue weighted by Gasteiger charge is 2.10. The predicted octanol–water partition coefficient (Wildman–Crippen LogP) is 3.61. The van der Waals surface area contributed by atoms with E-state index >= 15 is 0 Å². The number of nitrogens with zero attached hydrogens (tertiary/aromatic N) is 2. The molecular formula is C16H22N4O. The lowest BCUT2D eigenvalue weighted by atomic mass is 10.1. The van der Waals surface area contributed by atoms with Gasteiger partial charge >= 0.3 is 0 Å². The van der Waals surface area contributed by atoms with Gasteiger partial charge in [0.15, 0.2) is 0 Å². The van der Waals surface area contributed by atoms with Gasteiger partial charge in [-0.05, 0) is 25.5 Å². The molecule has 21 heavy (non-hydrogen) atoms. The molecule has 0 radical (unpaired) electrons. The van der Waals surface area contributed by atoms with Crippen molar-refractivity contribution in [2.75, 3.05) is 24.3 Å². The largest absolute Gasteiger partial charge is 0.494 e. The minimum Gasteiger partial charge on any atom is -0.494 e. The van der Waals surface area contributed by atoms with Gasteiger partial charge in [-0.2, -0.15) is 0 Å². The Morgan fingerprint density at radius 2 is 1.95 bits per heavy atom. The molecule has 0 aliphatic rings. The second kappa shape index (κ2) is 7.47. The predicted molar refractivity (Wildman–Crippen MR) is 86.5 cm³/mol. The van der Waals surface area contributed by atoms with Crippen LogP contribution in [0.15, 0.2) is 30.6 Å². The average molecular weight is 286 g/mol. The van der Waals surface area contributed by atoms with Gasteiger partial charge in [0.2, 0.25) is 0 Å². The van der Waals surface area contributed by atoms with Crippen molar-refractivity contribution in [3.05, 3.63) is 36.2 Å². The summed E-state index contributed by atoms with van der Waals surface area (Å²) >= 11 is 0. The molecule has 0 spiro atoms. The molecule has 5 heteroatoms. The monoisotopic (exact) mass is 286 g/mol. The summed E-state index contributed by atoms with van der Waals surface area (Å²) in [7, 11) is 1.88. The van der Waals surface area contributed by atoms with Crippen molar-refractivity contribution in [2.45, 2.75) is 26.7 Å². The molecular weight excluding hydrogens is 264 g/mol. The van der Waals surface area contributed by atoms with E-state index in [1.807, 2.05) is 38.2 Å². The summed E-state index contributed by atoms with van der Waals surface area (Å²) in [6.45, 7) is 4.77. The highest BCUT2D eigenvalue weighted by atomic mass is 16.5. The smallest absolute Gasteiger partial charge is 0.139 e. The molecule has 2 N–H and O–H groups in total. The standard InChI is InChI=1S/C16H22N4O/c1-4-7-14-15(17-3)18-11-19-16(14)20-12-8-6-9-13(10-12)21-5-2/h6,8-11H,4-5,7H2,1-3H3,(H2,17,18,19,20). The van der Waals surface area contributed by atoms with Crippen LogP contribution in [0.2, 0.25) is 0 Å². The molecule has 0 unspecified atom stereocenters. The Balaban J connectivity index is 2.28. The van der Waals surface area contributed by atoms with E-state index < -0.39 is 0 Å². The zero-order chi connectivity index (χ0) is 15.1. The zero-order valence-electron chi connectivity index (χ0n) is 12.8. The van der Waals surface area contributed by atoms with Gasteiger partial charge in [-0.25, -0.2) is 9.97 Å². The number of anilines is 3. The zero-order valence-corrected chi connectivity index (χ0v) is 12.8. The maximum atomic E-state index is 5.52. The summed E-state index contributed by atoms with van der Waals surface area (Å²) in [5.41, 5.74) is 2.06. The lowest BCUT2D eigenvalue weighted by Crippen LogP contribution is -2.05. The van der Waals surface area contributed by atoms with Crippen molar-refractivity contribution in [3.63, 3.8) is 0 Å². The van der Waals surface area contributed by atoms with Crippen LogP contribution < -0.4 is 15.4 Å². The summed E-state index contributed by atoms with van der Waals surface area (Å²) in [4.78, 5) is 8.65. The van der Waals surface area contributed by atoms with E-state index in [1.165, 1.54) is 0 Å². The molecule has 0 amide bonds. The third kappa shape index (κ3) is 3.84. The van der Waals surface area contributed by atoms with E-state index in [2.05, 4.69) is 27.5 Å². The van der Waals surface area contributed by atoms with Gasteiger partial charge in [0, 0.05) is 24.4 Å². The molecule has 0 bridgehead atoms. The Bertz CT molecular complexity index is 586. The summed E-state index contributed by atoms with van der Waals surface area (Å²) in [6.07, 6.45) is 3.53. The highest BCUT2D eigenvalue weighted by molar-refractivity contribution is 5.65. The molecule has 0 aliphatic carbocycles. The van der Waals surface area contributed by atoms with Crippen LogP contribution in [0.1, 0.15) is 25.8 Å². The maximum absolute atomic E-state index is 5.52. The van der Waals surface area contributed by atoms with Gasteiger partial charge in [-0.15, -0.1) is 0 Å². The molecule has 0 saturated heterocycles. The Morgan fingerprint density at radius 3 is 2.67 bits per heavy atom. The molecule has 2 rings (SSSR count). The second-order valence-corrected chi connectivity index (χ2v) is 4.64. The Labute approximate surface area is 125 Å². The quantitative estimate of drug-likeness (QED) is 0.814. The van der Waals surface area contributed by atoms with Gasteiger partial charge in [-0.3, -0.25) is 0 Å². The normalized spacial score (nSPS) is 10.2. The molecule has 1 aromatic carbocycles. The van der Waals surface area contributed by atoms with Crippen molar-refractivity contribution < 1.29 is 4.74 Å². The van der Waals surface area contributed by atoms with Crippen LogP contribution in [-0.2, 0) is 6.42 Å². The Morgan fingerprint density at radius 1 is 1.14 bits per heavy atom. The fourth-order valence-electron chi connectivity index (χ4n) is 2.19. The molecule has 2 aromatic rings. The van der Waals surface area contributed by atoms with Gasteiger partial charge in [0.05, 0.1) is 6.61 Å². The van der Waals surface area contributed by atoms with Crippen LogP contribution >= 0.6 is 0 Å². The number of rotatable bonds is 7. The number of benzene rings is 1. The van der Waals surface area contributed by atoms with Crippen molar-refractivity contribution in [2.24, 2.45) is 0 Å². The van der Waals surface area contributed by atoms with Gasteiger partial charge in [0.1, 0.15) is 23.7 Å². The van der Waals surface area contributed by atoms with Crippen LogP contribution in [0.4, 0.5) is 17.3 Å². The summed E-state index contributed by atoms with van der Waals surface area (Å²) in [5, 5.41) is 6.48. The second-order valence-electron chi connectivity index (χ2n) is 4.64. The SMILES string of the molecule is CCCc1c(NC)ncnc1Nc1cccc(OCC)c1. The Kier molecular flexibility index (Phi) is 5.37. The first-order valence-electron chi connectivity index (χ1n) is 7.30. The van der Waals surface area contributed by atoms with E-state index in [1.54, 1.807) is 6.33 Å². The molecule has 5 nitrogen and oxygen atoms in total. The first kappa shape index (κ1) is 15.1. The average Bonchev–Trinajstić information content (AvgIpc) is 2.50. The van der Waals surface area contributed by atoms with Crippen LogP contribution in [0.5, 0.6) is 5.75 Å². The fourth-order valence-corrected chi connectivity index (χ4v) is 2.19. The van der Waals surface area contributed by atoms with Crippen LogP contribution in [0.3, 0.4) is 0 Å². The molecule has 0 atom stereocenters. The topological polar surface area (TPSA) is 59.1 Å². The number of aromatic nitrogens is 2. The van der Waals surface area contributed by atoms with E-state index in [0.717, 1.165) is 41.5 Å². The highest BCUT2D eigenvalue weighted by Crippen LogP contribution is 2.26. The van der Waals surface area contributed by atoms with Gasteiger partial charge < -0.3 is 15.4 Å². The summed E-state index contributed by atoms with van der Waals surface area (Å²) in [6, 6.07) is 7.88. The number of nitrogens with one attached hydrogen (secondary N) is 2. The van der Waals surface area contributed by atoms with Crippen LogP contribution in [0, 0.1) is 0 Å². The minimum absolute atomic E-state index is 0.655. The molecule has 0 saturated carbocycles. The maximum Gasteiger partial charge on any atom is 0.139 e. The molecule has 1 aromatic heterocycles. The first-order valence-corrected chi connectivity index (χ1v) is 7.30. The van der Waals surface area contributed by atoms with E-state index in [9.17, 15) is 0 Å². The van der Waals surface area contributed by atoms with E-state index in [0.29, 0.717) is 6.61 Å². The number of hydrogen-bond acceptors (Lipinski definition) is 5. The van der Waals surface area contributed by atoms with Crippen molar-refractivity contribution in [1.82, 2.24) is 9.97 Å². The third-order valence-corrected chi connectivity index (χ3v) is 3.09. The molecule has 0 aliphatic heterocycles. The molecule has 1 heterocycles. The Hall–Kier alpha value is -2.30. The van der Waals surface area contributed by atoms with Crippen molar-refractivity contribution >= 4 is 17.3 Å². The first-order chi connectivity index (χ1) is 10.3. The third-order valence-electron chi connectivity index (χ3n) is 3.09. The fraction of sp³-hybridized carbons (Fsp3) is 0.375.